The molecule has 0 spiro atoms. The number of benzene rings is 2. The third-order valence-corrected chi connectivity index (χ3v) is 5.15. The van der Waals surface area contributed by atoms with Crippen LogP contribution in [-0.4, -0.2) is 28.6 Å². The predicted molar refractivity (Wildman–Crippen MR) is 91.0 cm³/mol. The van der Waals surface area contributed by atoms with Gasteiger partial charge in [-0.25, -0.2) is 13.1 Å². The first-order valence-electron chi connectivity index (χ1n) is 7.27. The number of rotatable bonds is 6. The van der Waals surface area contributed by atoms with Gasteiger partial charge in [-0.05, 0) is 24.7 Å². The standard InChI is InChI=1S/C16H16ClF3N2O2S/c1-21-7-8-22-25(23,24)12-9-13(16(18,19)20)15(14(17)10-12)11-5-3-2-4-6-11/h2-6,9-10,21-22H,7-8H2,1H3. The van der Waals surface area contributed by atoms with E-state index in [2.05, 4.69) is 10.0 Å². The summed E-state index contributed by atoms with van der Waals surface area (Å²) in [6.45, 7) is 0.374. The van der Waals surface area contributed by atoms with Gasteiger partial charge in [-0.2, -0.15) is 13.2 Å². The Morgan fingerprint density at radius 1 is 1.08 bits per heavy atom. The molecule has 4 nitrogen and oxygen atoms in total. The number of nitrogens with one attached hydrogen (secondary N) is 2. The van der Waals surface area contributed by atoms with Crippen LogP contribution in [0.25, 0.3) is 11.1 Å². The fraction of sp³-hybridized carbons (Fsp3) is 0.250. The monoisotopic (exact) mass is 392 g/mol. The zero-order valence-electron chi connectivity index (χ0n) is 13.2. The largest absolute Gasteiger partial charge is 0.417 e. The van der Waals surface area contributed by atoms with E-state index in [-0.39, 0.29) is 22.7 Å². The van der Waals surface area contributed by atoms with Gasteiger partial charge >= 0.3 is 6.18 Å². The molecule has 0 aromatic heterocycles. The molecule has 0 radical (unpaired) electrons. The van der Waals surface area contributed by atoms with E-state index in [1.165, 1.54) is 12.1 Å². The fourth-order valence-corrected chi connectivity index (χ4v) is 3.73. The summed E-state index contributed by atoms with van der Waals surface area (Å²) in [5, 5.41) is 2.45. The molecule has 0 amide bonds. The van der Waals surface area contributed by atoms with Gasteiger partial charge in [0.05, 0.1) is 15.5 Å². The Balaban J connectivity index is 2.59. The van der Waals surface area contributed by atoms with Crippen LogP contribution in [0.3, 0.4) is 0 Å². The van der Waals surface area contributed by atoms with Gasteiger partial charge in [0, 0.05) is 18.7 Å². The van der Waals surface area contributed by atoms with Crippen molar-refractivity contribution in [3.8, 4) is 11.1 Å². The van der Waals surface area contributed by atoms with Crippen molar-refractivity contribution < 1.29 is 21.6 Å². The first-order chi connectivity index (χ1) is 11.7. The molecule has 2 aromatic rings. The van der Waals surface area contributed by atoms with E-state index >= 15 is 0 Å². The maximum Gasteiger partial charge on any atom is 0.417 e. The Kier molecular flexibility index (Phi) is 6.10. The summed E-state index contributed by atoms with van der Waals surface area (Å²) in [4.78, 5) is -0.527. The topological polar surface area (TPSA) is 58.2 Å². The van der Waals surface area contributed by atoms with Crippen LogP contribution in [-0.2, 0) is 16.2 Å². The van der Waals surface area contributed by atoms with E-state index in [1.807, 2.05) is 0 Å². The molecule has 0 bridgehead atoms. The number of hydrogen-bond donors (Lipinski definition) is 2. The molecule has 136 valence electrons. The van der Waals surface area contributed by atoms with Crippen LogP contribution in [0.1, 0.15) is 5.56 Å². The lowest BCUT2D eigenvalue weighted by molar-refractivity contribution is -0.137. The van der Waals surface area contributed by atoms with E-state index in [0.29, 0.717) is 12.6 Å². The molecule has 2 N–H and O–H groups in total. The van der Waals surface area contributed by atoms with E-state index in [1.54, 1.807) is 25.2 Å². The quantitative estimate of drug-likeness (QED) is 0.739. The minimum absolute atomic E-state index is 0.0399. The third kappa shape index (κ3) is 4.72. The van der Waals surface area contributed by atoms with Crippen molar-refractivity contribution >= 4 is 21.6 Å². The Morgan fingerprint density at radius 3 is 2.28 bits per heavy atom. The maximum atomic E-state index is 13.5. The second-order valence-corrected chi connectivity index (χ2v) is 7.37. The Morgan fingerprint density at radius 2 is 1.72 bits per heavy atom. The minimum Gasteiger partial charge on any atom is -0.318 e. The number of hydrogen-bond acceptors (Lipinski definition) is 3. The Bertz CT molecular complexity index is 840. The van der Waals surface area contributed by atoms with Gasteiger partial charge in [-0.3, -0.25) is 0 Å². The van der Waals surface area contributed by atoms with Crippen molar-refractivity contribution in [1.29, 1.82) is 0 Å². The zero-order valence-corrected chi connectivity index (χ0v) is 14.8. The van der Waals surface area contributed by atoms with Gasteiger partial charge < -0.3 is 5.32 Å². The Hall–Kier alpha value is -1.61. The highest BCUT2D eigenvalue weighted by Gasteiger charge is 2.36. The number of alkyl halides is 3. The van der Waals surface area contributed by atoms with Gasteiger partial charge in [0.2, 0.25) is 10.0 Å². The van der Waals surface area contributed by atoms with Gasteiger partial charge in [0.15, 0.2) is 0 Å². The van der Waals surface area contributed by atoms with E-state index in [0.717, 1.165) is 6.07 Å². The van der Waals surface area contributed by atoms with Crippen LogP contribution in [0.5, 0.6) is 0 Å². The van der Waals surface area contributed by atoms with Crippen LogP contribution in [0.15, 0.2) is 47.4 Å². The fourth-order valence-electron chi connectivity index (χ4n) is 2.25. The lowest BCUT2D eigenvalue weighted by Crippen LogP contribution is -2.30. The summed E-state index contributed by atoms with van der Waals surface area (Å²) in [6, 6.07) is 9.42. The molecular formula is C16H16ClF3N2O2S. The van der Waals surface area contributed by atoms with Gasteiger partial charge in [0.1, 0.15) is 0 Å². The van der Waals surface area contributed by atoms with Crippen molar-refractivity contribution in [3.05, 3.63) is 53.1 Å². The lowest BCUT2D eigenvalue weighted by Gasteiger charge is -2.17. The van der Waals surface area contributed by atoms with Crippen LogP contribution >= 0.6 is 11.6 Å². The van der Waals surface area contributed by atoms with E-state index in [4.69, 9.17) is 11.6 Å². The van der Waals surface area contributed by atoms with Crippen molar-refractivity contribution in [3.63, 3.8) is 0 Å². The molecule has 25 heavy (non-hydrogen) atoms. The number of halogens is 4. The normalized spacial score (nSPS) is 12.4. The van der Waals surface area contributed by atoms with Crippen molar-refractivity contribution in [2.75, 3.05) is 20.1 Å². The minimum atomic E-state index is -4.76. The summed E-state index contributed by atoms with van der Waals surface area (Å²) in [6.07, 6.45) is -4.76. The second kappa shape index (κ2) is 7.74. The van der Waals surface area contributed by atoms with Crippen LogP contribution in [0.2, 0.25) is 5.02 Å². The molecule has 0 aliphatic rings. The van der Waals surface area contributed by atoms with Crippen molar-refractivity contribution in [2.24, 2.45) is 0 Å². The molecule has 0 aliphatic heterocycles. The molecule has 0 saturated heterocycles. The molecule has 0 fully saturated rings. The van der Waals surface area contributed by atoms with Gasteiger partial charge in [0.25, 0.3) is 0 Å². The second-order valence-electron chi connectivity index (χ2n) is 5.19. The Labute approximate surface area is 149 Å². The molecule has 0 aliphatic carbocycles. The lowest BCUT2D eigenvalue weighted by atomic mass is 9.99. The predicted octanol–water partition coefficient (Wildman–Crippen LogP) is 3.52. The van der Waals surface area contributed by atoms with Gasteiger partial charge in [-0.1, -0.05) is 41.9 Å². The number of sulfonamides is 1. The summed E-state index contributed by atoms with van der Waals surface area (Å²) < 4.78 is 67.2. The highest BCUT2D eigenvalue weighted by Crippen LogP contribution is 2.42. The first-order valence-corrected chi connectivity index (χ1v) is 9.13. The number of likely N-dealkylation sites (N-methyl/N-ethyl adjacent to an activating group) is 1. The third-order valence-electron chi connectivity index (χ3n) is 3.41. The summed E-state index contributed by atoms with van der Waals surface area (Å²) in [5.74, 6) is 0. The van der Waals surface area contributed by atoms with Crippen molar-refractivity contribution in [1.82, 2.24) is 10.0 Å². The van der Waals surface area contributed by atoms with Crippen LogP contribution in [0.4, 0.5) is 13.2 Å². The summed E-state index contributed by atoms with van der Waals surface area (Å²) in [7, 11) is -2.48. The average Bonchev–Trinajstić information content (AvgIpc) is 2.54. The smallest absolute Gasteiger partial charge is 0.318 e. The summed E-state index contributed by atoms with van der Waals surface area (Å²) >= 11 is 6.04. The maximum absolute atomic E-state index is 13.5. The van der Waals surface area contributed by atoms with E-state index in [9.17, 15) is 21.6 Å². The molecule has 0 atom stereocenters. The molecule has 2 aromatic carbocycles. The average molecular weight is 393 g/mol. The molecule has 0 saturated carbocycles. The van der Waals surface area contributed by atoms with E-state index < -0.39 is 26.7 Å². The molecule has 2 rings (SSSR count). The molecular weight excluding hydrogens is 377 g/mol. The molecule has 9 heteroatoms. The van der Waals surface area contributed by atoms with Crippen LogP contribution < -0.4 is 10.0 Å². The van der Waals surface area contributed by atoms with Crippen LogP contribution in [0, 0.1) is 0 Å². The highest BCUT2D eigenvalue weighted by atomic mass is 35.5. The highest BCUT2D eigenvalue weighted by molar-refractivity contribution is 7.89. The zero-order chi connectivity index (χ0) is 18.7. The molecule has 0 unspecified atom stereocenters. The SMILES string of the molecule is CNCCNS(=O)(=O)c1cc(Cl)c(-c2ccccc2)c(C(F)(F)F)c1. The summed E-state index contributed by atoms with van der Waals surface area (Å²) in [5.41, 5.74) is -1.09. The molecule has 0 heterocycles. The first kappa shape index (κ1) is 19.7. The van der Waals surface area contributed by atoms with Crippen molar-refractivity contribution in [2.45, 2.75) is 11.1 Å². The van der Waals surface area contributed by atoms with Gasteiger partial charge in [-0.15, -0.1) is 0 Å².